The molecule has 0 atom stereocenters. The summed E-state index contributed by atoms with van der Waals surface area (Å²) in [5.74, 6) is -0.211. The maximum atomic E-state index is 13.0. The minimum absolute atomic E-state index is 0.211. The Morgan fingerprint density at radius 1 is 0.917 bits per heavy atom. The highest BCUT2D eigenvalue weighted by molar-refractivity contribution is 7.21. The maximum Gasteiger partial charge on any atom is 0.124 e. The summed E-state index contributed by atoms with van der Waals surface area (Å²) in [6.45, 7) is 0.656. The van der Waals surface area contributed by atoms with Gasteiger partial charge in [-0.25, -0.2) is 9.37 Å². The first-order valence-electron chi connectivity index (χ1n) is 7.72. The fourth-order valence-corrected chi connectivity index (χ4v) is 3.53. The van der Waals surface area contributed by atoms with E-state index in [-0.39, 0.29) is 5.82 Å². The lowest BCUT2D eigenvalue weighted by Crippen LogP contribution is -1.99. The molecule has 0 saturated heterocycles. The molecule has 1 heterocycles. The van der Waals surface area contributed by atoms with Crippen LogP contribution in [-0.2, 0) is 6.54 Å². The molecule has 0 saturated carbocycles. The van der Waals surface area contributed by atoms with E-state index in [1.807, 2.05) is 30.3 Å². The molecule has 0 spiro atoms. The van der Waals surface area contributed by atoms with Gasteiger partial charge in [-0.05, 0) is 42.0 Å². The average molecular weight is 334 g/mol. The molecule has 4 aromatic rings. The minimum Gasteiger partial charge on any atom is -0.381 e. The lowest BCUT2D eigenvalue weighted by molar-refractivity contribution is 0.627. The number of rotatable bonds is 4. The zero-order valence-electron chi connectivity index (χ0n) is 12.9. The third-order valence-electron chi connectivity index (χ3n) is 3.81. The molecule has 3 aromatic carbocycles. The van der Waals surface area contributed by atoms with Gasteiger partial charge in [-0.3, -0.25) is 0 Å². The third-order valence-corrected chi connectivity index (χ3v) is 4.90. The van der Waals surface area contributed by atoms with Gasteiger partial charge in [0.15, 0.2) is 0 Å². The van der Waals surface area contributed by atoms with E-state index >= 15 is 0 Å². The van der Waals surface area contributed by atoms with E-state index in [0.29, 0.717) is 6.54 Å². The SMILES string of the molecule is Fc1ccc(CNc2cccc(-c3nc4ccccc4s3)c2)cc1. The fourth-order valence-electron chi connectivity index (χ4n) is 2.56. The van der Waals surface area contributed by atoms with Crippen LogP contribution in [0, 0.1) is 5.82 Å². The predicted molar refractivity (Wildman–Crippen MR) is 98.8 cm³/mol. The van der Waals surface area contributed by atoms with Gasteiger partial charge in [0.25, 0.3) is 0 Å². The molecule has 24 heavy (non-hydrogen) atoms. The summed E-state index contributed by atoms with van der Waals surface area (Å²) in [4.78, 5) is 4.70. The highest BCUT2D eigenvalue weighted by Gasteiger charge is 2.06. The number of benzene rings is 3. The molecule has 0 amide bonds. The summed E-state index contributed by atoms with van der Waals surface area (Å²) in [6.07, 6.45) is 0. The Balaban J connectivity index is 1.55. The predicted octanol–water partition coefficient (Wildman–Crippen LogP) is 5.71. The van der Waals surface area contributed by atoms with Crippen LogP contribution in [-0.4, -0.2) is 4.98 Å². The number of hydrogen-bond donors (Lipinski definition) is 1. The molecule has 0 bridgehead atoms. The molecular formula is C20H15FN2S. The van der Waals surface area contributed by atoms with Crippen LogP contribution in [0.3, 0.4) is 0 Å². The quantitative estimate of drug-likeness (QED) is 0.517. The Kier molecular flexibility index (Phi) is 3.97. The Morgan fingerprint density at radius 2 is 1.75 bits per heavy atom. The summed E-state index contributed by atoms with van der Waals surface area (Å²) >= 11 is 1.69. The van der Waals surface area contributed by atoms with Crippen molar-refractivity contribution in [2.24, 2.45) is 0 Å². The van der Waals surface area contributed by atoms with Crippen molar-refractivity contribution >= 4 is 27.2 Å². The van der Waals surface area contributed by atoms with Crippen molar-refractivity contribution in [3.05, 3.63) is 84.2 Å². The van der Waals surface area contributed by atoms with Crippen LogP contribution in [0.15, 0.2) is 72.8 Å². The molecule has 1 aromatic heterocycles. The molecule has 4 heteroatoms. The summed E-state index contributed by atoms with van der Waals surface area (Å²) in [5, 5.41) is 4.39. The molecule has 0 aliphatic heterocycles. The van der Waals surface area contributed by atoms with Crippen LogP contribution in [0.4, 0.5) is 10.1 Å². The second kappa shape index (κ2) is 6.42. The number of aromatic nitrogens is 1. The van der Waals surface area contributed by atoms with Gasteiger partial charge in [0, 0.05) is 17.8 Å². The van der Waals surface area contributed by atoms with Gasteiger partial charge in [-0.1, -0.05) is 36.4 Å². The van der Waals surface area contributed by atoms with E-state index in [0.717, 1.165) is 27.3 Å². The van der Waals surface area contributed by atoms with Gasteiger partial charge in [-0.2, -0.15) is 0 Å². The summed E-state index contributed by atoms with van der Waals surface area (Å²) in [5.41, 5.74) is 4.19. The van der Waals surface area contributed by atoms with E-state index < -0.39 is 0 Å². The van der Waals surface area contributed by atoms with Crippen LogP contribution in [0.25, 0.3) is 20.8 Å². The second-order valence-corrected chi connectivity index (χ2v) is 6.58. The number of nitrogens with one attached hydrogen (secondary N) is 1. The van der Waals surface area contributed by atoms with Crippen molar-refractivity contribution in [1.82, 2.24) is 4.98 Å². The first-order chi connectivity index (χ1) is 11.8. The molecular weight excluding hydrogens is 319 g/mol. The van der Waals surface area contributed by atoms with Gasteiger partial charge in [-0.15, -0.1) is 11.3 Å². The van der Waals surface area contributed by atoms with Gasteiger partial charge in [0.1, 0.15) is 10.8 Å². The number of nitrogens with zero attached hydrogens (tertiary/aromatic N) is 1. The van der Waals surface area contributed by atoms with Crippen LogP contribution >= 0.6 is 11.3 Å². The van der Waals surface area contributed by atoms with E-state index in [4.69, 9.17) is 4.98 Å². The summed E-state index contributed by atoms with van der Waals surface area (Å²) in [6, 6.07) is 22.9. The lowest BCUT2D eigenvalue weighted by atomic mass is 10.2. The van der Waals surface area contributed by atoms with Crippen LogP contribution in [0.5, 0.6) is 0 Å². The van der Waals surface area contributed by atoms with Crippen molar-refractivity contribution in [2.45, 2.75) is 6.54 Å². The fraction of sp³-hybridized carbons (Fsp3) is 0.0500. The Morgan fingerprint density at radius 3 is 2.58 bits per heavy atom. The highest BCUT2D eigenvalue weighted by atomic mass is 32.1. The maximum absolute atomic E-state index is 13.0. The molecule has 1 N–H and O–H groups in total. The number of thiazole rings is 1. The minimum atomic E-state index is -0.211. The number of para-hydroxylation sites is 1. The lowest BCUT2D eigenvalue weighted by Gasteiger charge is -2.07. The van der Waals surface area contributed by atoms with Crippen LogP contribution < -0.4 is 5.32 Å². The second-order valence-electron chi connectivity index (χ2n) is 5.55. The van der Waals surface area contributed by atoms with Gasteiger partial charge >= 0.3 is 0 Å². The molecule has 0 aliphatic rings. The van der Waals surface area contributed by atoms with Crippen molar-refractivity contribution in [1.29, 1.82) is 0 Å². The third kappa shape index (κ3) is 3.14. The van der Waals surface area contributed by atoms with Crippen molar-refractivity contribution in [3.8, 4) is 10.6 Å². The first kappa shape index (κ1) is 14.8. The Hall–Kier alpha value is -2.72. The summed E-state index contributed by atoms with van der Waals surface area (Å²) in [7, 11) is 0. The molecule has 2 nitrogen and oxygen atoms in total. The van der Waals surface area contributed by atoms with E-state index in [9.17, 15) is 4.39 Å². The summed E-state index contributed by atoms with van der Waals surface area (Å²) < 4.78 is 14.1. The molecule has 0 fully saturated rings. The Labute approximate surface area is 143 Å². The largest absolute Gasteiger partial charge is 0.381 e. The Bertz CT molecular complexity index is 943. The number of hydrogen-bond acceptors (Lipinski definition) is 3. The molecule has 0 aliphatic carbocycles. The zero-order valence-corrected chi connectivity index (χ0v) is 13.7. The number of fused-ring (bicyclic) bond motifs is 1. The molecule has 4 rings (SSSR count). The number of halogens is 1. The van der Waals surface area contributed by atoms with E-state index in [2.05, 4.69) is 23.5 Å². The highest BCUT2D eigenvalue weighted by Crippen LogP contribution is 2.31. The topological polar surface area (TPSA) is 24.9 Å². The first-order valence-corrected chi connectivity index (χ1v) is 8.54. The molecule has 0 unspecified atom stereocenters. The van der Waals surface area contributed by atoms with Crippen LogP contribution in [0.1, 0.15) is 5.56 Å². The average Bonchev–Trinajstić information content (AvgIpc) is 3.06. The van der Waals surface area contributed by atoms with Gasteiger partial charge in [0.2, 0.25) is 0 Å². The van der Waals surface area contributed by atoms with Crippen molar-refractivity contribution in [2.75, 3.05) is 5.32 Å². The van der Waals surface area contributed by atoms with Gasteiger partial charge in [0.05, 0.1) is 10.2 Å². The van der Waals surface area contributed by atoms with E-state index in [1.165, 1.54) is 16.8 Å². The smallest absolute Gasteiger partial charge is 0.124 e. The normalized spacial score (nSPS) is 10.9. The molecule has 0 radical (unpaired) electrons. The van der Waals surface area contributed by atoms with Crippen molar-refractivity contribution in [3.63, 3.8) is 0 Å². The monoisotopic (exact) mass is 334 g/mol. The molecule has 118 valence electrons. The van der Waals surface area contributed by atoms with E-state index in [1.54, 1.807) is 23.5 Å². The number of anilines is 1. The van der Waals surface area contributed by atoms with Gasteiger partial charge < -0.3 is 5.32 Å². The standard InChI is InChI=1S/C20H15FN2S/c21-16-10-8-14(9-11-16)13-22-17-5-3-4-15(12-17)20-23-18-6-1-2-7-19(18)24-20/h1-12,22H,13H2. The van der Waals surface area contributed by atoms with Crippen molar-refractivity contribution < 1.29 is 4.39 Å². The van der Waals surface area contributed by atoms with Crippen LogP contribution in [0.2, 0.25) is 0 Å². The zero-order chi connectivity index (χ0) is 16.4.